The van der Waals surface area contributed by atoms with Crippen molar-refractivity contribution in [2.24, 2.45) is 0 Å². The van der Waals surface area contributed by atoms with E-state index in [-0.39, 0.29) is 5.02 Å². The number of hydrogen-bond acceptors (Lipinski definition) is 2. The maximum atomic E-state index is 13.5. The normalized spacial score (nSPS) is 10.9. The molecule has 0 amide bonds. The lowest BCUT2D eigenvalue weighted by Crippen LogP contribution is -1.90. The van der Waals surface area contributed by atoms with Crippen molar-refractivity contribution in [2.45, 2.75) is 0 Å². The summed E-state index contributed by atoms with van der Waals surface area (Å²) in [7, 11) is 0. The average Bonchev–Trinajstić information content (AvgIpc) is 2.63. The standard InChI is InChI=1S/C20H12ClFN2/c21-17-12-15(5-7-18(17)22)20-16(4-2-10-24-20)13-6-8-19-14(11-13)3-1-9-23-19/h1-12H. The number of nitrogens with zero attached hydrogens (tertiary/aromatic N) is 2. The smallest absolute Gasteiger partial charge is 0.141 e. The van der Waals surface area contributed by atoms with Crippen LogP contribution in [0.4, 0.5) is 4.39 Å². The lowest BCUT2D eigenvalue weighted by molar-refractivity contribution is 0.628. The largest absolute Gasteiger partial charge is 0.256 e. The third-order valence-electron chi connectivity index (χ3n) is 3.91. The molecule has 0 spiro atoms. The van der Waals surface area contributed by atoms with Crippen LogP contribution in [0, 0.1) is 5.82 Å². The van der Waals surface area contributed by atoms with E-state index in [2.05, 4.69) is 16.0 Å². The number of aromatic nitrogens is 2. The van der Waals surface area contributed by atoms with Gasteiger partial charge in [-0.3, -0.25) is 9.97 Å². The predicted molar refractivity (Wildman–Crippen MR) is 95.4 cm³/mol. The highest BCUT2D eigenvalue weighted by molar-refractivity contribution is 6.31. The van der Waals surface area contributed by atoms with Gasteiger partial charge in [-0.15, -0.1) is 0 Å². The number of pyridine rings is 2. The molecule has 0 unspecified atom stereocenters. The van der Waals surface area contributed by atoms with E-state index in [1.54, 1.807) is 24.5 Å². The summed E-state index contributed by atoms with van der Waals surface area (Å²) in [5, 5.41) is 1.15. The van der Waals surface area contributed by atoms with Gasteiger partial charge in [0.2, 0.25) is 0 Å². The minimum atomic E-state index is -0.435. The SMILES string of the molecule is Fc1ccc(-c2ncccc2-c2ccc3ncccc3c2)cc1Cl. The molecule has 0 bridgehead atoms. The van der Waals surface area contributed by atoms with E-state index in [1.807, 2.05) is 36.4 Å². The van der Waals surface area contributed by atoms with Crippen LogP contribution in [-0.2, 0) is 0 Å². The molecule has 4 aromatic rings. The summed E-state index contributed by atoms with van der Waals surface area (Å²) in [5.41, 5.74) is 4.48. The van der Waals surface area contributed by atoms with E-state index in [1.165, 1.54) is 6.07 Å². The van der Waals surface area contributed by atoms with E-state index in [4.69, 9.17) is 11.6 Å². The maximum Gasteiger partial charge on any atom is 0.141 e. The Hall–Kier alpha value is -2.78. The zero-order chi connectivity index (χ0) is 16.5. The number of fused-ring (bicyclic) bond motifs is 1. The maximum absolute atomic E-state index is 13.5. The fourth-order valence-electron chi connectivity index (χ4n) is 2.75. The average molecular weight is 335 g/mol. The van der Waals surface area contributed by atoms with Gasteiger partial charge in [-0.25, -0.2) is 4.39 Å². The molecule has 0 radical (unpaired) electrons. The predicted octanol–water partition coefficient (Wildman–Crippen LogP) is 5.76. The molecule has 0 N–H and O–H groups in total. The lowest BCUT2D eigenvalue weighted by atomic mass is 9.98. The summed E-state index contributed by atoms with van der Waals surface area (Å²) in [6.45, 7) is 0. The van der Waals surface area contributed by atoms with E-state index in [0.717, 1.165) is 33.3 Å². The third kappa shape index (κ3) is 2.63. The van der Waals surface area contributed by atoms with Crippen molar-refractivity contribution < 1.29 is 4.39 Å². The summed E-state index contributed by atoms with van der Waals surface area (Å²) in [6.07, 6.45) is 3.50. The van der Waals surface area contributed by atoms with Crippen LogP contribution in [0.15, 0.2) is 73.1 Å². The van der Waals surface area contributed by atoms with Crippen LogP contribution in [0.1, 0.15) is 0 Å². The highest BCUT2D eigenvalue weighted by atomic mass is 35.5. The fourth-order valence-corrected chi connectivity index (χ4v) is 2.94. The van der Waals surface area contributed by atoms with Gasteiger partial charge in [-0.05, 0) is 48.0 Å². The van der Waals surface area contributed by atoms with Gasteiger partial charge in [0.1, 0.15) is 5.82 Å². The highest BCUT2D eigenvalue weighted by Crippen LogP contribution is 2.33. The Bertz CT molecular complexity index is 1050. The van der Waals surface area contributed by atoms with Crippen molar-refractivity contribution in [2.75, 3.05) is 0 Å². The fraction of sp³-hybridized carbons (Fsp3) is 0. The summed E-state index contributed by atoms with van der Waals surface area (Å²) >= 11 is 5.93. The molecular formula is C20H12ClFN2. The molecule has 24 heavy (non-hydrogen) atoms. The van der Waals surface area contributed by atoms with Crippen molar-refractivity contribution in [3.05, 3.63) is 83.9 Å². The van der Waals surface area contributed by atoms with Crippen LogP contribution in [0.25, 0.3) is 33.3 Å². The van der Waals surface area contributed by atoms with Gasteiger partial charge in [-0.1, -0.05) is 29.8 Å². The van der Waals surface area contributed by atoms with E-state index < -0.39 is 5.82 Å². The van der Waals surface area contributed by atoms with Crippen molar-refractivity contribution in [3.8, 4) is 22.4 Å². The molecule has 2 aromatic carbocycles. The number of halogens is 2. The molecule has 0 atom stereocenters. The van der Waals surface area contributed by atoms with Crippen molar-refractivity contribution in [1.82, 2.24) is 9.97 Å². The van der Waals surface area contributed by atoms with E-state index in [0.29, 0.717) is 0 Å². The number of hydrogen-bond donors (Lipinski definition) is 0. The molecule has 2 aromatic heterocycles. The van der Waals surface area contributed by atoms with Gasteiger partial charge in [0.05, 0.1) is 16.2 Å². The second kappa shape index (κ2) is 6.02. The molecule has 0 aliphatic rings. The molecule has 0 fully saturated rings. The highest BCUT2D eigenvalue weighted by Gasteiger charge is 2.11. The van der Waals surface area contributed by atoms with E-state index in [9.17, 15) is 4.39 Å². The van der Waals surface area contributed by atoms with Gasteiger partial charge in [0.15, 0.2) is 0 Å². The van der Waals surface area contributed by atoms with E-state index >= 15 is 0 Å². The Morgan fingerprint density at radius 1 is 0.792 bits per heavy atom. The lowest BCUT2D eigenvalue weighted by Gasteiger charge is -2.10. The van der Waals surface area contributed by atoms with Gasteiger partial charge in [0.25, 0.3) is 0 Å². The molecule has 0 saturated carbocycles. The molecule has 4 rings (SSSR count). The Kier molecular flexibility index (Phi) is 3.71. The van der Waals surface area contributed by atoms with Crippen LogP contribution in [-0.4, -0.2) is 9.97 Å². The van der Waals surface area contributed by atoms with Gasteiger partial charge >= 0.3 is 0 Å². The zero-order valence-corrected chi connectivity index (χ0v) is 13.3. The van der Waals surface area contributed by atoms with Crippen LogP contribution in [0.3, 0.4) is 0 Å². The molecular weight excluding hydrogens is 323 g/mol. The first-order valence-corrected chi connectivity index (χ1v) is 7.86. The Balaban J connectivity index is 1.90. The summed E-state index contributed by atoms with van der Waals surface area (Å²) in [5.74, 6) is -0.435. The zero-order valence-electron chi connectivity index (χ0n) is 12.6. The summed E-state index contributed by atoms with van der Waals surface area (Å²) in [4.78, 5) is 8.82. The molecule has 2 heterocycles. The van der Waals surface area contributed by atoms with Crippen molar-refractivity contribution in [3.63, 3.8) is 0 Å². The Morgan fingerprint density at radius 2 is 1.58 bits per heavy atom. The number of rotatable bonds is 2. The first kappa shape index (κ1) is 14.8. The first-order valence-electron chi connectivity index (χ1n) is 7.48. The minimum Gasteiger partial charge on any atom is -0.256 e. The quantitative estimate of drug-likeness (QED) is 0.466. The van der Waals surface area contributed by atoms with Crippen molar-refractivity contribution >= 4 is 22.5 Å². The van der Waals surface area contributed by atoms with Gasteiger partial charge in [0, 0.05) is 28.9 Å². The van der Waals surface area contributed by atoms with Crippen LogP contribution in [0.2, 0.25) is 5.02 Å². The van der Waals surface area contributed by atoms with Gasteiger partial charge < -0.3 is 0 Å². The van der Waals surface area contributed by atoms with Gasteiger partial charge in [-0.2, -0.15) is 0 Å². The molecule has 4 heteroatoms. The summed E-state index contributed by atoms with van der Waals surface area (Å²) < 4.78 is 13.5. The Labute approximate surface area is 143 Å². The summed E-state index contributed by atoms with van der Waals surface area (Å²) in [6, 6.07) is 18.6. The molecule has 0 saturated heterocycles. The molecule has 2 nitrogen and oxygen atoms in total. The van der Waals surface area contributed by atoms with Crippen LogP contribution < -0.4 is 0 Å². The molecule has 116 valence electrons. The third-order valence-corrected chi connectivity index (χ3v) is 4.20. The monoisotopic (exact) mass is 334 g/mol. The molecule has 0 aliphatic heterocycles. The second-order valence-electron chi connectivity index (χ2n) is 5.44. The van der Waals surface area contributed by atoms with Crippen LogP contribution >= 0.6 is 11.6 Å². The number of benzene rings is 2. The van der Waals surface area contributed by atoms with Crippen LogP contribution in [0.5, 0.6) is 0 Å². The minimum absolute atomic E-state index is 0.0896. The Morgan fingerprint density at radius 3 is 2.46 bits per heavy atom. The first-order chi connectivity index (χ1) is 11.7. The topological polar surface area (TPSA) is 25.8 Å². The van der Waals surface area contributed by atoms with Crippen molar-refractivity contribution in [1.29, 1.82) is 0 Å². The molecule has 0 aliphatic carbocycles. The second-order valence-corrected chi connectivity index (χ2v) is 5.85.